The van der Waals surface area contributed by atoms with Gasteiger partial charge in [-0.25, -0.2) is 13.4 Å². The minimum absolute atomic E-state index is 0.176. The minimum atomic E-state index is -3.75. The number of para-hydroxylation sites is 1. The van der Waals surface area contributed by atoms with Crippen molar-refractivity contribution < 1.29 is 13.2 Å². The number of carbonyl (C=O) groups is 1. The summed E-state index contributed by atoms with van der Waals surface area (Å²) in [5.74, 6) is -0.201. The number of carbonyl (C=O) groups excluding carboxylic acids is 1. The van der Waals surface area contributed by atoms with Gasteiger partial charge in [-0.2, -0.15) is 0 Å². The molecule has 0 saturated carbocycles. The fourth-order valence-electron chi connectivity index (χ4n) is 4.87. The Morgan fingerprint density at radius 1 is 1.03 bits per heavy atom. The number of hydrogen-bond acceptors (Lipinski definition) is 6. The van der Waals surface area contributed by atoms with Crippen LogP contribution < -0.4 is 9.21 Å². The Bertz CT molecular complexity index is 1580. The molecule has 7 nitrogen and oxygen atoms in total. The normalized spacial score (nSPS) is 13.6. The van der Waals surface area contributed by atoms with E-state index in [2.05, 4.69) is 34.7 Å². The zero-order chi connectivity index (χ0) is 27.6. The maximum atomic E-state index is 13.8. The van der Waals surface area contributed by atoms with Gasteiger partial charge in [0.2, 0.25) is 0 Å². The van der Waals surface area contributed by atoms with E-state index < -0.39 is 10.0 Å². The lowest BCUT2D eigenvalue weighted by Gasteiger charge is -2.30. The van der Waals surface area contributed by atoms with Crippen LogP contribution in [0.4, 0.5) is 10.8 Å². The molecule has 10 heteroatoms. The molecule has 204 valence electrons. The smallest absolute Gasteiger partial charge is 0.264 e. The quantitative estimate of drug-likeness (QED) is 0.221. The number of likely N-dealkylation sites (N-methyl/N-ethyl adjacent to an activating group) is 1. The Morgan fingerprint density at radius 3 is 2.51 bits per heavy atom. The number of sulfonamides is 1. The molecular weight excluding hydrogens is 596 g/mol. The van der Waals surface area contributed by atoms with Gasteiger partial charge in [0.05, 0.1) is 20.8 Å². The van der Waals surface area contributed by atoms with Gasteiger partial charge < -0.3 is 4.90 Å². The Balaban J connectivity index is 1.44. The first-order chi connectivity index (χ1) is 18.8. The van der Waals surface area contributed by atoms with E-state index in [9.17, 15) is 13.2 Å². The first-order valence-electron chi connectivity index (χ1n) is 13.1. The molecule has 1 aliphatic heterocycles. The van der Waals surface area contributed by atoms with Crippen LogP contribution in [0.25, 0.3) is 10.2 Å². The van der Waals surface area contributed by atoms with Crippen molar-refractivity contribution >= 4 is 64.2 Å². The zero-order valence-electron chi connectivity index (χ0n) is 22.0. The molecule has 0 atom stereocenters. The lowest BCUT2D eigenvalue weighted by molar-refractivity contribution is 0.0983. The third kappa shape index (κ3) is 5.75. The van der Waals surface area contributed by atoms with Gasteiger partial charge in [-0.1, -0.05) is 59.3 Å². The summed E-state index contributed by atoms with van der Waals surface area (Å²) in [5.41, 5.74) is 3.02. The summed E-state index contributed by atoms with van der Waals surface area (Å²) in [6.45, 7) is 7.60. The molecule has 2 heterocycles. The number of benzene rings is 3. The Morgan fingerprint density at radius 2 is 1.77 bits per heavy atom. The number of aryl methyl sites for hydroxylation is 1. The van der Waals surface area contributed by atoms with E-state index in [4.69, 9.17) is 4.98 Å². The van der Waals surface area contributed by atoms with E-state index in [0.717, 1.165) is 51.9 Å². The molecule has 0 fully saturated rings. The summed E-state index contributed by atoms with van der Waals surface area (Å²) < 4.78 is 30.6. The second kappa shape index (κ2) is 11.8. The molecule has 0 spiro atoms. The monoisotopic (exact) mass is 626 g/mol. The van der Waals surface area contributed by atoms with Gasteiger partial charge >= 0.3 is 0 Å². The molecule has 1 amide bonds. The molecule has 0 saturated heterocycles. The van der Waals surface area contributed by atoms with E-state index in [1.165, 1.54) is 27.8 Å². The number of thiazole rings is 1. The van der Waals surface area contributed by atoms with Gasteiger partial charge in [0.15, 0.2) is 5.13 Å². The fraction of sp³-hybridized carbons (Fsp3) is 0.310. The van der Waals surface area contributed by atoms with E-state index in [0.29, 0.717) is 30.3 Å². The van der Waals surface area contributed by atoms with Gasteiger partial charge in [-0.05, 0) is 80.0 Å². The summed E-state index contributed by atoms with van der Waals surface area (Å²) in [6.07, 6.45) is 1.63. The van der Waals surface area contributed by atoms with Crippen molar-refractivity contribution in [1.82, 2.24) is 9.88 Å². The highest BCUT2D eigenvalue weighted by Crippen LogP contribution is 2.33. The van der Waals surface area contributed by atoms with Crippen LogP contribution >= 0.6 is 27.3 Å². The average Bonchev–Trinajstić information content (AvgIpc) is 3.37. The molecule has 0 aliphatic carbocycles. The zero-order valence-corrected chi connectivity index (χ0v) is 25.2. The molecule has 0 radical (unpaired) electrons. The lowest BCUT2D eigenvalue weighted by Crippen LogP contribution is -2.39. The highest BCUT2D eigenvalue weighted by Gasteiger charge is 2.29. The highest BCUT2D eigenvalue weighted by molar-refractivity contribution is 9.10. The maximum Gasteiger partial charge on any atom is 0.264 e. The third-order valence-corrected chi connectivity index (χ3v) is 10.5. The number of anilines is 2. The van der Waals surface area contributed by atoms with Gasteiger partial charge in [0, 0.05) is 29.7 Å². The molecule has 39 heavy (non-hydrogen) atoms. The van der Waals surface area contributed by atoms with Crippen LogP contribution in [0.3, 0.4) is 0 Å². The van der Waals surface area contributed by atoms with Crippen LogP contribution in [0.2, 0.25) is 0 Å². The van der Waals surface area contributed by atoms with Crippen molar-refractivity contribution in [2.75, 3.05) is 41.9 Å². The first kappa shape index (κ1) is 27.8. The molecular formula is C29H31BrN4O3S2. The van der Waals surface area contributed by atoms with Crippen molar-refractivity contribution in [2.45, 2.75) is 31.6 Å². The van der Waals surface area contributed by atoms with E-state index in [1.807, 2.05) is 42.5 Å². The number of aromatic nitrogens is 1. The maximum absolute atomic E-state index is 13.8. The number of fused-ring (bicyclic) bond motifs is 2. The summed E-state index contributed by atoms with van der Waals surface area (Å²) in [7, 11) is -3.75. The molecule has 0 unspecified atom stereocenters. The highest BCUT2D eigenvalue weighted by atomic mass is 79.9. The lowest BCUT2D eigenvalue weighted by atomic mass is 10.0. The summed E-state index contributed by atoms with van der Waals surface area (Å²) in [4.78, 5) is 22.7. The largest absolute Gasteiger partial charge is 0.302 e. The molecule has 0 bridgehead atoms. The van der Waals surface area contributed by atoms with Crippen molar-refractivity contribution in [3.63, 3.8) is 0 Å². The number of nitrogens with zero attached hydrogens (tertiary/aromatic N) is 4. The summed E-state index contributed by atoms with van der Waals surface area (Å²) in [6, 6.07) is 19.8. The third-order valence-electron chi connectivity index (χ3n) is 7.11. The van der Waals surface area contributed by atoms with Crippen LogP contribution in [0.5, 0.6) is 0 Å². The average molecular weight is 628 g/mol. The Labute approximate surface area is 242 Å². The van der Waals surface area contributed by atoms with Gasteiger partial charge in [0.1, 0.15) is 0 Å². The van der Waals surface area contributed by atoms with E-state index in [1.54, 1.807) is 17.0 Å². The molecule has 0 N–H and O–H groups in total. The van der Waals surface area contributed by atoms with Gasteiger partial charge in [-0.3, -0.25) is 14.0 Å². The van der Waals surface area contributed by atoms with Crippen LogP contribution in [-0.4, -0.2) is 56.9 Å². The Kier molecular flexibility index (Phi) is 8.37. The van der Waals surface area contributed by atoms with Crippen molar-refractivity contribution in [2.24, 2.45) is 0 Å². The second-order valence-corrected chi connectivity index (χ2v) is 13.2. The van der Waals surface area contributed by atoms with E-state index in [-0.39, 0.29) is 10.8 Å². The SMILES string of the molecule is CCN(CC)CCN(C(=O)c1ccc(S(=O)(=O)N2CCCc3ccccc32)cc1)c1nc2ccc(Br)cc2s1. The molecule has 3 aromatic carbocycles. The predicted octanol–water partition coefficient (Wildman–Crippen LogP) is 6.19. The second-order valence-electron chi connectivity index (χ2n) is 9.43. The Hall–Kier alpha value is -2.79. The van der Waals surface area contributed by atoms with Crippen molar-refractivity contribution in [1.29, 1.82) is 0 Å². The summed E-state index contributed by atoms with van der Waals surface area (Å²) >= 11 is 4.98. The number of halogens is 1. The van der Waals surface area contributed by atoms with Crippen molar-refractivity contribution in [3.8, 4) is 0 Å². The predicted molar refractivity (Wildman–Crippen MR) is 163 cm³/mol. The minimum Gasteiger partial charge on any atom is -0.302 e. The summed E-state index contributed by atoms with van der Waals surface area (Å²) in [5, 5.41) is 0.627. The molecule has 1 aliphatic rings. The van der Waals surface area contributed by atoms with Crippen molar-refractivity contribution in [3.05, 3.63) is 82.3 Å². The van der Waals surface area contributed by atoms with Gasteiger partial charge in [0.25, 0.3) is 15.9 Å². The topological polar surface area (TPSA) is 73.8 Å². The molecule has 5 rings (SSSR count). The van der Waals surface area contributed by atoms with E-state index >= 15 is 0 Å². The fourth-order valence-corrected chi connectivity index (χ4v) is 7.95. The van der Waals surface area contributed by atoms with Gasteiger partial charge in [-0.15, -0.1) is 0 Å². The van der Waals surface area contributed by atoms with Crippen LogP contribution in [0.1, 0.15) is 36.2 Å². The molecule has 4 aromatic rings. The number of hydrogen-bond donors (Lipinski definition) is 0. The number of amides is 1. The first-order valence-corrected chi connectivity index (χ1v) is 16.2. The standard InChI is InChI=1S/C29H31BrN4O3S2/c1-3-32(4-2)18-19-33(29-31-25-16-13-23(30)20-27(25)38-29)28(35)22-11-14-24(15-12-22)39(36,37)34-17-7-9-21-8-5-6-10-26(21)34/h5-6,8,10-16,20H,3-4,7,9,17-19H2,1-2H3. The van der Waals surface area contributed by atoms with Crippen LogP contribution in [0.15, 0.2) is 76.1 Å². The van der Waals surface area contributed by atoms with Crippen LogP contribution in [0, 0.1) is 0 Å². The molecule has 1 aromatic heterocycles. The van der Waals surface area contributed by atoms with Crippen LogP contribution in [-0.2, 0) is 16.4 Å². The number of rotatable bonds is 9.